The Morgan fingerprint density at radius 2 is 1.78 bits per heavy atom. The van der Waals surface area contributed by atoms with E-state index in [1.807, 2.05) is 31.9 Å². The van der Waals surface area contributed by atoms with Crippen LogP contribution < -0.4 is 9.47 Å². The van der Waals surface area contributed by atoms with E-state index in [4.69, 9.17) is 9.47 Å². The zero-order valence-corrected chi connectivity index (χ0v) is 17.3. The highest BCUT2D eigenvalue weighted by Gasteiger charge is 2.37. The van der Waals surface area contributed by atoms with Gasteiger partial charge in [0.15, 0.2) is 11.5 Å². The van der Waals surface area contributed by atoms with Crippen LogP contribution in [0.5, 0.6) is 11.5 Å². The molecule has 0 atom stereocenters. The van der Waals surface area contributed by atoms with E-state index in [0.29, 0.717) is 17.7 Å². The lowest BCUT2D eigenvalue weighted by Crippen LogP contribution is -2.40. The fourth-order valence-electron chi connectivity index (χ4n) is 4.32. The zero-order chi connectivity index (χ0) is 19.4. The third kappa shape index (κ3) is 4.95. The molecule has 3 rings (SSSR count). The molecule has 0 aliphatic carbocycles. The van der Waals surface area contributed by atoms with Crippen molar-refractivity contribution in [2.45, 2.75) is 58.6 Å². The van der Waals surface area contributed by atoms with Crippen LogP contribution in [0.1, 0.15) is 51.5 Å². The van der Waals surface area contributed by atoms with Gasteiger partial charge in [-0.3, -0.25) is 9.69 Å². The monoisotopic (exact) mass is 374 g/mol. The second-order valence-electron chi connectivity index (χ2n) is 8.49. The molecule has 150 valence electrons. The van der Waals surface area contributed by atoms with Crippen LogP contribution in [-0.2, 0) is 11.3 Å². The fraction of sp³-hybridized carbons (Fsp3) is 0.682. The third-order valence-corrected chi connectivity index (χ3v) is 6.19. The summed E-state index contributed by atoms with van der Waals surface area (Å²) in [5, 5.41) is 0. The Kier molecular flexibility index (Phi) is 6.30. The predicted octanol–water partition coefficient (Wildman–Crippen LogP) is 3.71. The number of benzene rings is 1. The van der Waals surface area contributed by atoms with E-state index in [2.05, 4.69) is 17.0 Å². The molecule has 2 saturated heterocycles. The summed E-state index contributed by atoms with van der Waals surface area (Å²) in [5.41, 5.74) is 1.62. The average Bonchev–Trinajstić information content (AvgIpc) is 2.79. The Labute approximate surface area is 163 Å². The van der Waals surface area contributed by atoms with Gasteiger partial charge < -0.3 is 14.4 Å². The number of ether oxygens (including phenoxy) is 2. The molecule has 0 aromatic heterocycles. The van der Waals surface area contributed by atoms with Gasteiger partial charge in [0.25, 0.3) is 0 Å². The number of piperidine rings is 1. The summed E-state index contributed by atoms with van der Waals surface area (Å²) in [7, 11) is 3.64. The molecule has 2 fully saturated rings. The average molecular weight is 375 g/mol. The van der Waals surface area contributed by atoms with Gasteiger partial charge in [-0.1, -0.05) is 6.07 Å². The van der Waals surface area contributed by atoms with Crippen molar-refractivity contribution in [3.8, 4) is 11.5 Å². The number of nitrogens with zero attached hydrogens (tertiary/aromatic N) is 2. The summed E-state index contributed by atoms with van der Waals surface area (Å²) >= 11 is 0. The highest BCUT2D eigenvalue weighted by atomic mass is 16.5. The highest BCUT2D eigenvalue weighted by molar-refractivity contribution is 5.76. The SMILES string of the molecule is COc1cc(CN2CCC3(CCC(=O)N(C)CC3)CC2)ccc1OC(C)C. The number of methoxy groups -OCH3 is 1. The number of carbonyl (C=O) groups is 1. The second kappa shape index (κ2) is 8.51. The molecule has 0 bridgehead atoms. The maximum Gasteiger partial charge on any atom is 0.222 e. The van der Waals surface area contributed by atoms with Crippen molar-refractivity contribution >= 4 is 5.91 Å². The quantitative estimate of drug-likeness (QED) is 0.788. The predicted molar refractivity (Wildman–Crippen MR) is 107 cm³/mol. The van der Waals surface area contributed by atoms with Crippen LogP contribution >= 0.6 is 0 Å². The molecule has 0 unspecified atom stereocenters. The van der Waals surface area contributed by atoms with Crippen LogP contribution in [0.3, 0.4) is 0 Å². The molecule has 2 aliphatic rings. The minimum absolute atomic E-state index is 0.133. The molecule has 1 spiro atoms. The molecule has 2 aliphatic heterocycles. The second-order valence-corrected chi connectivity index (χ2v) is 8.49. The molecule has 5 nitrogen and oxygen atoms in total. The van der Waals surface area contributed by atoms with Gasteiger partial charge in [-0.15, -0.1) is 0 Å². The molecule has 0 radical (unpaired) electrons. The number of carbonyl (C=O) groups excluding carboxylic acids is 1. The number of hydrogen-bond acceptors (Lipinski definition) is 4. The van der Waals surface area contributed by atoms with Crippen LogP contribution in [0.4, 0.5) is 0 Å². The van der Waals surface area contributed by atoms with Gasteiger partial charge in [-0.2, -0.15) is 0 Å². The number of rotatable bonds is 5. The van der Waals surface area contributed by atoms with E-state index in [1.54, 1.807) is 7.11 Å². The summed E-state index contributed by atoms with van der Waals surface area (Å²) in [4.78, 5) is 16.4. The Bertz CT molecular complexity index is 651. The molecular formula is C22H34N2O3. The highest BCUT2D eigenvalue weighted by Crippen LogP contribution is 2.41. The van der Waals surface area contributed by atoms with Gasteiger partial charge in [0.2, 0.25) is 5.91 Å². The molecule has 1 aromatic rings. The molecule has 0 N–H and O–H groups in total. The van der Waals surface area contributed by atoms with Crippen LogP contribution in [0, 0.1) is 5.41 Å². The summed E-state index contributed by atoms with van der Waals surface area (Å²) in [6, 6.07) is 6.26. The molecule has 27 heavy (non-hydrogen) atoms. The fourth-order valence-corrected chi connectivity index (χ4v) is 4.32. The van der Waals surface area contributed by atoms with Gasteiger partial charge >= 0.3 is 0 Å². The van der Waals surface area contributed by atoms with Crippen molar-refractivity contribution in [1.82, 2.24) is 9.80 Å². The van der Waals surface area contributed by atoms with Crippen molar-refractivity contribution in [1.29, 1.82) is 0 Å². The van der Waals surface area contributed by atoms with Crippen LogP contribution in [0.2, 0.25) is 0 Å². The molecule has 1 aromatic carbocycles. The Hall–Kier alpha value is -1.75. The van der Waals surface area contributed by atoms with Crippen molar-refractivity contribution in [3.05, 3.63) is 23.8 Å². The van der Waals surface area contributed by atoms with Crippen molar-refractivity contribution in [2.24, 2.45) is 5.41 Å². The number of likely N-dealkylation sites (tertiary alicyclic amines) is 2. The molecule has 2 heterocycles. The van der Waals surface area contributed by atoms with Gasteiger partial charge in [0.1, 0.15) is 0 Å². The number of amides is 1. The Morgan fingerprint density at radius 3 is 2.44 bits per heavy atom. The van der Waals surface area contributed by atoms with Crippen molar-refractivity contribution < 1.29 is 14.3 Å². The summed E-state index contributed by atoms with van der Waals surface area (Å²) < 4.78 is 11.3. The van der Waals surface area contributed by atoms with E-state index >= 15 is 0 Å². The molecule has 1 amide bonds. The van der Waals surface area contributed by atoms with E-state index in [9.17, 15) is 4.79 Å². The number of hydrogen-bond donors (Lipinski definition) is 0. The van der Waals surface area contributed by atoms with E-state index in [0.717, 1.165) is 50.5 Å². The Balaban J connectivity index is 1.58. The maximum absolute atomic E-state index is 12.0. The van der Waals surface area contributed by atoms with Gasteiger partial charge in [-0.25, -0.2) is 0 Å². The third-order valence-electron chi connectivity index (χ3n) is 6.19. The first-order valence-electron chi connectivity index (χ1n) is 10.2. The molecule has 0 saturated carbocycles. The lowest BCUT2D eigenvalue weighted by Gasteiger charge is -2.41. The van der Waals surface area contributed by atoms with Crippen molar-refractivity contribution in [2.75, 3.05) is 33.8 Å². The minimum atomic E-state index is 0.133. The minimum Gasteiger partial charge on any atom is -0.493 e. The summed E-state index contributed by atoms with van der Waals surface area (Å²) in [6.45, 7) is 8.10. The Morgan fingerprint density at radius 1 is 1.07 bits per heavy atom. The van der Waals surface area contributed by atoms with Gasteiger partial charge in [-0.05, 0) is 75.7 Å². The molecular weight excluding hydrogens is 340 g/mol. The smallest absolute Gasteiger partial charge is 0.222 e. The first kappa shape index (κ1) is 20.0. The van der Waals surface area contributed by atoms with Gasteiger partial charge in [0, 0.05) is 26.6 Å². The first-order chi connectivity index (χ1) is 12.9. The lowest BCUT2D eigenvalue weighted by atomic mass is 9.73. The molecule has 5 heteroatoms. The largest absolute Gasteiger partial charge is 0.493 e. The van der Waals surface area contributed by atoms with Gasteiger partial charge in [0.05, 0.1) is 13.2 Å². The van der Waals surface area contributed by atoms with E-state index in [1.165, 1.54) is 18.4 Å². The summed E-state index contributed by atoms with van der Waals surface area (Å²) in [5.74, 6) is 1.92. The topological polar surface area (TPSA) is 42.0 Å². The van der Waals surface area contributed by atoms with Crippen molar-refractivity contribution in [3.63, 3.8) is 0 Å². The van der Waals surface area contributed by atoms with Crippen LogP contribution in [0.15, 0.2) is 18.2 Å². The van der Waals surface area contributed by atoms with Crippen LogP contribution in [0.25, 0.3) is 0 Å². The van der Waals surface area contributed by atoms with E-state index < -0.39 is 0 Å². The maximum atomic E-state index is 12.0. The summed E-state index contributed by atoms with van der Waals surface area (Å²) in [6.07, 6.45) is 5.44. The standard InChI is InChI=1S/C22H34N2O3/c1-17(2)27-19-6-5-18(15-20(19)26-4)16-24-13-10-22(11-14-24)8-7-21(25)23(3)12-9-22/h5-6,15,17H,7-14,16H2,1-4H3. The van der Waals surface area contributed by atoms with Crippen LogP contribution in [-0.4, -0.2) is 55.6 Å². The normalized spacial score (nSPS) is 20.8. The first-order valence-corrected chi connectivity index (χ1v) is 10.2. The zero-order valence-electron chi connectivity index (χ0n) is 17.3. The van der Waals surface area contributed by atoms with E-state index in [-0.39, 0.29) is 6.10 Å². The lowest BCUT2D eigenvalue weighted by molar-refractivity contribution is -0.129.